The number of benzene rings is 1. The summed E-state index contributed by atoms with van der Waals surface area (Å²) in [5.41, 5.74) is 7.69. The van der Waals surface area contributed by atoms with E-state index in [1.165, 1.54) is 0 Å². The van der Waals surface area contributed by atoms with Crippen LogP contribution in [0.4, 0.5) is 5.69 Å². The number of hydrogen-bond acceptors (Lipinski definition) is 4. The smallest absolute Gasteiger partial charge is 0.203 e. The number of nitrogen functional groups attached to an aromatic ring is 1. The summed E-state index contributed by atoms with van der Waals surface area (Å²) in [6.45, 7) is -0.0331. The van der Waals surface area contributed by atoms with Crippen molar-refractivity contribution in [2.24, 2.45) is 0 Å². The number of nitriles is 1. The van der Waals surface area contributed by atoms with Gasteiger partial charge in [0.1, 0.15) is 0 Å². The van der Waals surface area contributed by atoms with E-state index in [1.807, 2.05) is 0 Å². The molecule has 84 valence electrons. The van der Waals surface area contributed by atoms with Gasteiger partial charge >= 0.3 is 0 Å². The van der Waals surface area contributed by atoms with E-state index in [0.717, 1.165) is 5.56 Å². The molecule has 5 nitrogen and oxygen atoms in total. The van der Waals surface area contributed by atoms with Crippen LogP contribution in [0.5, 0.6) is 0 Å². The lowest BCUT2D eigenvalue weighted by Crippen LogP contribution is -2.03. The van der Waals surface area contributed by atoms with Gasteiger partial charge in [-0.25, -0.2) is 0 Å². The summed E-state index contributed by atoms with van der Waals surface area (Å²) >= 11 is 0. The minimum Gasteiger partial charge on any atom is -0.398 e. The summed E-state index contributed by atoms with van der Waals surface area (Å²) in [7, 11) is 0. The van der Waals surface area contributed by atoms with Crippen molar-refractivity contribution in [1.82, 2.24) is 0 Å². The Hall–Kier alpha value is -2.09. The molecule has 0 saturated heterocycles. The molecule has 0 aliphatic carbocycles. The first-order chi connectivity index (χ1) is 7.65. The minimum absolute atomic E-state index is 0.0331. The molecule has 0 atom stereocenters. The molecule has 0 aromatic heterocycles. The minimum atomic E-state index is -0.334. The van der Waals surface area contributed by atoms with E-state index in [0.29, 0.717) is 30.5 Å². The van der Waals surface area contributed by atoms with Gasteiger partial charge in [-0.15, -0.1) is 0 Å². The molecule has 0 bridgehead atoms. The Morgan fingerprint density at radius 1 is 1.44 bits per heavy atom. The fourth-order valence-corrected chi connectivity index (χ4v) is 1.53. The predicted molar refractivity (Wildman–Crippen MR) is 60.4 cm³/mol. The van der Waals surface area contributed by atoms with Crippen molar-refractivity contribution in [3.05, 3.63) is 39.4 Å². The summed E-state index contributed by atoms with van der Waals surface area (Å²) in [6, 6.07) is 7.25. The fourth-order valence-electron chi connectivity index (χ4n) is 1.53. The summed E-state index contributed by atoms with van der Waals surface area (Å²) < 4.78 is 0. The molecule has 5 heteroatoms. The molecule has 0 spiro atoms. The maximum Gasteiger partial charge on any atom is 0.203 e. The average Bonchev–Trinajstić information content (AvgIpc) is 2.25. The van der Waals surface area contributed by atoms with Crippen molar-refractivity contribution in [1.29, 1.82) is 5.26 Å². The molecule has 1 aromatic carbocycles. The highest BCUT2D eigenvalue weighted by atomic mass is 16.6. The molecule has 2 N–H and O–H groups in total. The molecule has 0 amide bonds. The number of unbranched alkanes of at least 4 members (excludes halogenated alkanes) is 1. The third kappa shape index (κ3) is 3.24. The monoisotopic (exact) mass is 219 g/mol. The number of anilines is 1. The van der Waals surface area contributed by atoms with Crippen molar-refractivity contribution in [3.63, 3.8) is 0 Å². The topological polar surface area (TPSA) is 93.0 Å². The Morgan fingerprint density at radius 3 is 2.81 bits per heavy atom. The summed E-state index contributed by atoms with van der Waals surface area (Å²) in [4.78, 5) is 9.80. The van der Waals surface area contributed by atoms with Crippen LogP contribution in [0, 0.1) is 21.4 Å². The molecule has 0 unspecified atom stereocenters. The van der Waals surface area contributed by atoms with E-state index in [2.05, 4.69) is 6.07 Å². The van der Waals surface area contributed by atoms with E-state index in [1.54, 1.807) is 18.2 Å². The molecular formula is C11H13N3O2. The van der Waals surface area contributed by atoms with Gasteiger partial charge in [-0.3, -0.25) is 10.1 Å². The van der Waals surface area contributed by atoms with Gasteiger partial charge < -0.3 is 5.73 Å². The van der Waals surface area contributed by atoms with Gasteiger partial charge in [0.05, 0.1) is 11.6 Å². The molecule has 0 radical (unpaired) electrons. The zero-order valence-electron chi connectivity index (χ0n) is 8.85. The predicted octanol–water partition coefficient (Wildman–Crippen LogP) is 1.74. The van der Waals surface area contributed by atoms with Crippen LogP contribution in [-0.2, 0) is 6.42 Å². The highest BCUT2D eigenvalue weighted by Crippen LogP contribution is 2.18. The van der Waals surface area contributed by atoms with Gasteiger partial charge in [-0.2, -0.15) is 5.26 Å². The van der Waals surface area contributed by atoms with Crippen molar-refractivity contribution in [2.75, 3.05) is 12.3 Å². The highest BCUT2D eigenvalue weighted by Gasteiger charge is 2.06. The quantitative estimate of drug-likeness (QED) is 0.353. The van der Waals surface area contributed by atoms with Gasteiger partial charge in [-0.05, 0) is 30.5 Å². The molecule has 1 rings (SSSR count). The van der Waals surface area contributed by atoms with Gasteiger partial charge in [0.25, 0.3) is 0 Å². The van der Waals surface area contributed by atoms with Crippen LogP contribution in [0.1, 0.15) is 24.0 Å². The standard InChI is InChI=1S/C11H13N3O2/c12-8-9-4-3-6-11(13)10(9)5-1-2-7-14(15)16/h3-4,6H,1-2,5,7,13H2. The number of nitrogens with two attached hydrogens (primary N) is 1. The first-order valence-electron chi connectivity index (χ1n) is 5.04. The van der Waals surface area contributed by atoms with Gasteiger partial charge in [0, 0.05) is 17.0 Å². The lowest BCUT2D eigenvalue weighted by molar-refractivity contribution is -0.480. The maximum atomic E-state index is 10.1. The molecule has 0 aliphatic heterocycles. The molecule has 1 aromatic rings. The number of nitro groups is 1. The third-order valence-corrected chi connectivity index (χ3v) is 2.35. The van der Waals surface area contributed by atoms with Crippen LogP contribution in [0.25, 0.3) is 0 Å². The van der Waals surface area contributed by atoms with Crippen LogP contribution < -0.4 is 5.73 Å². The lowest BCUT2D eigenvalue weighted by atomic mass is 10.0. The van der Waals surface area contributed by atoms with E-state index in [9.17, 15) is 10.1 Å². The van der Waals surface area contributed by atoms with Gasteiger partial charge in [0.2, 0.25) is 6.54 Å². The van der Waals surface area contributed by atoms with Crippen LogP contribution in [0.15, 0.2) is 18.2 Å². The summed E-state index contributed by atoms with van der Waals surface area (Å²) in [5, 5.41) is 19.0. The Labute approximate surface area is 93.6 Å². The zero-order valence-corrected chi connectivity index (χ0v) is 8.85. The highest BCUT2D eigenvalue weighted by molar-refractivity contribution is 5.55. The summed E-state index contributed by atoms with van der Waals surface area (Å²) in [5.74, 6) is 0. The Kier molecular flexibility index (Phi) is 4.28. The first-order valence-corrected chi connectivity index (χ1v) is 5.04. The van der Waals surface area contributed by atoms with Crippen LogP contribution in [-0.4, -0.2) is 11.5 Å². The molecule has 0 aliphatic rings. The van der Waals surface area contributed by atoms with Crippen molar-refractivity contribution < 1.29 is 4.92 Å². The summed E-state index contributed by atoms with van der Waals surface area (Å²) in [6.07, 6.45) is 1.79. The Bertz CT molecular complexity index is 424. The van der Waals surface area contributed by atoms with Gasteiger partial charge in [0.15, 0.2) is 0 Å². The molecule has 0 saturated carbocycles. The second-order valence-electron chi connectivity index (χ2n) is 3.50. The molecule has 16 heavy (non-hydrogen) atoms. The van der Waals surface area contributed by atoms with Crippen molar-refractivity contribution in [2.45, 2.75) is 19.3 Å². The van der Waals surface area contributed by atoms with Crippen molar-refractivity contribution in [3.8, 4) is 6.07 Å². The normalized spacial score (nSPS) is 9.69. The van der Waals surface area contributed by atoms with Gasteiger partial charge in [-0.1, -0.05) is 6.07 Å². The first kappa shape index (κ1) is 12.0. The van der Waals surface area contributed by atoms with E-state index in [-0.39, 0.29) is 11.5 Å². The van der Waals surface area contributed by atoms with E-state index in [4.69, 9.17) is 11.0 Å². The second kappa shape index (κ2) is 5.71. The Morgan fingerprint density at radius 2 is 2.19 bits per heavy atom. The molecule has 0 heterocycles. The zero-order chi connectivity index (χ0) is 12.0. The largest absolute Gasteiger partial charge is 0.398 e. The molecule has 0 fully saturated rings. The van der Waals surface area contributed by atoms with Crippen LogP contribution in [0.2, 0.25) is 0 Å². The third-order valence-electron chi connectivity index (χ3n) is 2.35. The Balaban J connectivity index is 2.60. The van der Waals surface area contributed by atoms with E-state index >= 15 is 0 Å². The number of rotatable bonds is 5. The maximum absolute atomic E-state index is 10.1. The van der Waals surface area contributed by atoms with Crippen LogP contribution >= 0.6 is 0 Å². The number of nitrogens with zero attached hydrogens (tertiary/aromatic N) is 2. The number of hydrogen-bond donors (Lipinski definition) is 1. The molecular weight excluding hydrogens is 206 g/mol. The SMILES string of the molecule is N#Cc1cccc(N)c1CCCC[N+](=O)[O-]. The lowest BCUT2D eigenvalue weighted by Gasteiger charge is -2.06. The fraction of sp³-hybridized carbons (Fsp3) is 0.364. The second-order valence-corrected chi connectivity index (χ2v) is 3.50. The average molecular weight is 219 g/mol. The van der Waals surface area contributed by atoms with Crippen LogP contribution in [0.3, 0.4) is 0 Å². The van der Waals surface area contributed by atoms with Crippen molar-refractivity contribution >= 4 is 5.69 Å². The van der Waals surface area contributed by atoms with E-state index < -0.39 is 0 Å².